The second-order valence-electron chi connectivity index (χ2n) is 8.02. The van der Waals surface area contributed by atoms with Gasteiger partial charge in [-0.3, -0.25) is 14.1 Å². The van der Waals surface area contributed by atoms with Crippen molar-refractivity contribution in [2.75, 3.05) is 17.4 Å². The molecule has 10 heteroatoms. The lowest BCUT2D eigenvalue weighted by atomic mass is 10.0. The number of benzene rings is 2. The molecule has 1 aromatic heterocycles. The van der Waals surface area contributed by atoms with Crippen molar-refractivity contribution >= 4 is 33.2 Å². The van der Waals surface area contributed by atoms with Crippen LogP contribution >= 0.6 is 11.6 Å². The Balaban J connectivity index is 1.69. The number of carbonyl (C=O) groups is 1. The molecule has 1 atom stereocenters. The Labute approximate surface area is 201 Å². The minimum atomic E-state index is -4.30. The molecule has 0 saturated carbocycles. The number of aromatic nitrogens is 1. The van der Waals surface area contributed by atoms with Gasteiger partial charge in [0.05, 0.1) is 23.0 Å². The van der Waals surface area contributed by atoms with E-state index in [2.05, 4.69) is 4.98 Å². The maximum absolute atomic E-state index is 14.8. The number of likely N-dealkylation sites (tertiary alicyclic amines) is 1. The van der Waals surface area contributed by atoms with Crippen LogP contribution in [0.15, 0.2) is 71.9 Å². The minimum absolute atomic E-state index is 0.0483. The first-order valence-electron chi connectivity index (χ1n) is 10.7. The van der Waals surface area contributed by atoms with Crippen molar-refractivity contribution in [2.45, 2.75) is 30.2 Å². The van der Waals surface area contributed by atoms with E-state index in [4.69, 9.17) is 11.6 Å². The Kier molecular flexibility index (Phi) is 7.13. The van der Waals surface area contributed by atoms with Crippen molar-refractivity contribution in [3.05, 3.63) is 89.2 Å². The predicted octanol–water partition coefficient (Wildman–Crippen LogP) is 4.44. The summed E-state index contributed by atoms with van der Waals surface area (Å²) in [5.74, 6) is -1.83. The van der Waals surface area contributed by atoms with Crippen molar-refractivity contribution in [3.8, 4) is 0 Å². The fourth-order valence-corrected chi connectivity index (χ4v) is 5.85. The molecule has 1 saturated heterocycles. The Morgan fingerprint density at radius 2 is 1.79 bits per heavy atom. The standard InChI is InChI=1S/C24H22ClF2N3O3S/c25-18-3-6-21(7-4-18)34(32,33)30(23-15-19(26)5-8-22(23)27)20-2-1-13-29(16-20)24(31)14-17-9-11-28-12-10-17/h3-12,15,20H,1-2,13-14,16H2. The van der Waals surface area contributed by atoms with Gasteiger partial charge in [-0.15, -0.1) is 0 Å². The summed E-state index contributed by atoms with van der Waals surface area (Å²) in [5.41, 5.74) is 0.382. The quantitative estimate of drug-likeness (QED) is 0.496. The number of nitrogens with zero attached hydrogens (tertiary/aromatic N) is 3. The van der Waals surface area contributed by atoms with Gasteiger partial charge in [-0.05, 0) is 66.9 Å². The molecule has 1 unspecified atom stereocenters. The van der Waals surface area contributed by atoms with Gasteiger partial charge in [0.2, 0.25) is 5.91 Å². The van der Waals surface area contributed by atoms with Crippen molar-refractivity contribution in [1.82, 2.24) is 9.88 Å². The summed E-state index contributed by atoms with van der Waals surface area (Å²) < 4.78 is 57.2. The summed E-state index contributed by atoms with van der Waals surface area (Å²) in [6, 6.07) is 10.8. The van der Waals surface area contributed by atoms with Crippen LogP contribution in [0.3, 0.4) is 0 Å². The van der Waals surface area contributed by atoms with Gasteiger partial charge in [0.25, 0.3) is 10.0 Å². The molecule has 0 spiro atoms. The number of hydrogen-bond acceptors (Lipinski definition) is 4. The van der Waals surface area contributed by atoms with Gasteiger partial charge in [0.1, 0.15) is 11.6 Å². The summed E-state index contributed by atoms with van der Waals surface area (Å²) in [6.45, 7) is 0.494. The fourth-order valence-electron chi connectivity index (χ4n) is 4.06. The molecule has 0 bridgehead atoms. The lowest BCUT2D eigenvalue weighted by Gasteiger charge is -2.40. The molecule has 34 heavy (non-hydrogen) atoms. The molecular formula is C24H22ClF2N3O3S. The SMILES string of the molecule is O=C(Cc1ccncc1)N1CCCC(N(c2cc(F)ccc2F)S(=O)(=O)c2ccc(Cl)cc2)C1. The molecule has 178 valence electrons. The van der Waals surface area contributed by atoms with Gasteiger partial charge >= 0.3 is 0 Å². The van der Waals surface area contributed by atoms with Crippen LogP contribution in [0.1, 0.15) is 18.4 Å². The molecule has 1 fully saturated rings. The van der Waals surface area contributed by atoms with Crippen LogP contribution in [-0.2, 0) is 21.2 Å². The number of rotatable bonds is 6. The third-order valence-corrected chi connectivity index (χ3v) is 7.83. The number of piperidine rings is 1. The largest absolute Gasteiger partial charge is 0.340 e. The van der Waals surface area contributed by atoms with Crippen LogP contribution in [0.5, 0.6) is 0 Å². The lowest BCUT2D eigenvalue weighted by Crippen LogP contribution is -2.52. The monoisotopic (exact) mass is 505 g/mol. The van der Waals surface area contributed by atoms with Crippen molar-refractivity contribution in [1.29, 1.82) is 0 Å². The van der Waals surface area contributed by atoms with E-state index in [9.17, 15) is 22.0 Å². The molecule has 2 heterocycles. The molecular weight excluding hydrogens is 484 g/mol. The molecule has 0 radical (unpaired) electrons. The molecule has 0 aliphatic carbocycles. The van der Waals surface area contributed by atoms with Crippen molar-refractivity contribution in [3.63, 3.8) is 0 Å². The predicted molar refractivity (Wildman–Crippen MR) is 125 cm³/mol. The number of anilines is 1. The molecule has 6 nitrogen and oxygen atoms in total. The van der Waals surface area contributed by atoms with E-state index in [1.807, 2.05) is 0 Å². The van der Waals surface area contributed by atoms with E-state index in [1.54, 1.807) is 29.4 Å². The highest BCUT2D eigenvalue weighted by molar-refractivity contribution is 7.92. The molecule has 0 N–H and O–H groups in total. The summed E-state index contributed by atoms with van der Waals surface area (Å²) >= 11 is 5.91. The number of sulfonamides is 1. The first-order chi connectivity index (χ1) is 16.3. The van der Waals surface area contributed by atoms with Crippen molar-refractivity contribution in [2.24, 2.45) is 0 Å². The van der Waals surface area contributed by atoms with Gasteiger partial charge in [-0.2, -0.15) is 0 Å². The van der Waals surface area contributed by atoms with Gasteiger partial charge in [-0.25, -0.2) is 17.2 Å². The number of pyridine rings is 1. The van der Waals surface area contributed by atoms with Gasteiger partial charge in [0, 0.05) is 36.6 Å². The third kappa shape index (κ3) is 5.20. The first-order valence-corrected chi connectivity index (χ1v) is 12.5. The fraction of sp³-hybridized carbons (Fsp3) is 0.250. The first kappa shape index (κ1) is 24.1. The second kappa shape index (κ2) is 10.1. The van der Waals surface area contributed by atoms with Crippen LogP contribution in [-0.4, -0.2) is 43.3 Å². The van der Waals surface area contributed by atoms with E-state index in [-0.39, 0.29) is 23.8 Å². The maximum atomic E-state index is 14.8. The summed E-state index contributed by atoms with van der Waals surface area (Å²) in [6.07, 6.45) is 4.20. The topological polar surface area (TPSA) is 70.6 Å². The molecule has 1 amide bonds. The lowest BCUT2D eigenvalue weighted by molar-refractivity contribution is -0.131. The molecule has 1 aliphatic heterocycles. The zero-order valence-corrected chi connectivity index (χ0v) is 19.6. The Hall–Kier alpha value is -3.04. The number of carbonyl (C=O) groups excluding carboxylic acids is 1. The van der Waals surface area contributed by atoms with Crippen LogP contribution in [0.2, 0.25) is 5.02 Å². The van der Waals surface area contributed by atoms with Crippen LogP contribution < -0.4 is 4.31 Å². The van der Waals surface area contributed by atoms with E-state index in [0.717, 1.165) is 28.1 Å². The molecule has 1 aliphatic rings. The molecule has 4 rings (SSSR count). The highest BCUT2D eigenvalue weighted by atomic mass is 35.5. The van der Waals surface area contributed by atoms with Crippen LogP contribution in [0.4, 0.5) is 14.5 Å². The smallest absolute Gasteiger partial charge is 0.264 e. The minimum Gasteiger partial charge on any atom is -0.340 e. The van der Waals surface area contributed by atoms with Gasteiger partial charge in [-0.1, -0.05) is 11.6 Å². The van der Waals surface area contributed by atoms with Crippen LogP contribution in [0.25, 0.3) is 0 Å². The zero-order valence-electron chi connectivity index (χ0n) is 18.1. The second-order valence-corrected chi connectivity index (χ2v) is 10.3. The highest BCUT2D eigenvalue weighted by Crippen LogP contribution is 2.33. The van der Waals surface area contributed by atoms with Crippen molar-refractivity contribution < 1.29 is 22.0 Å². The van der Waals surface area contributed by atoms with Gasteiger partial charge < -0.3 is 4.90 Å². The molecule has 3 aromatic rings. The summed E-state index contributed by atoms with van der Waals surface area (Å²) in [5, 5.41) is 0.341. The normalized spacial score (nSPS) is 16.3. The maximum Gasteiger partial charge on any atom is 0.264 e. The summed E-state index contributed by atoms with van der Waals surface area (Å²) in [4.78, 5) is 18.3. The third-order valence-electron chi connectivity index (χ3n) is 5.70. The Morgan fingerprint density at radius 3 is 2.50 bits per heavy atom. The zero-order chi connectivity index (χ0) is 24.3. The highest BCUT2D eigenvalue weighted by Gasteiger charge is 2.37. The van der Waals surface area contributed by atoms with E-state index in [0.29, 0.717) is 24.4 Å². The summed E-state index contributed by atoms with van der Waals surface area (Å²) in [7, 11) is -4.30. The molecule has 2 aromatic carbocycles. The van der Waals surface area contributed by atoms with E-state index >= 15 is 0 Å². The van der Waals surface area contributed by atoms with Gasteiger partial charge in [0.15, 0.2) is 0 Å². The Bertz CT molecular complexity index is 1270. The average molecular weight is 506 g/mol. The Morgan fingerprint density at radius 1 is 1.09 bits per heavy atom. The average Bonchev–Trinajstić information content (AvgIpc) is 2.82. The number of amides is 1. The van der Waals surface area contributed by atoms with E-state index in [1.165, 1.54) is 24.3 Å². The number of halogens is 3. The number of hydrogen-bond donors (Lipinski definition) is 0. The van der Waals surface area contributed by atoms with E-state index < -0.39 is 33.4 Å². The van der Waals surface area contributed by atoms with Crippen LogP contribution in [0, 0.1) is 11.6 Å².